The Morgan fingerprint density at radius 3 is 2.10 bits per heavy atom. The molecule has 0 spiro atoms. The normalized spacial score (nSPS) is 12.6. The van der Waals surface area contributed by atoms with Crippen LogP contribution in [0.15, 0.2) is 30.3 Å². The van der Waals surface area contributed by atoms with Crippen LogP contribution in [0.5, 0.6) is 0 Å². The summed E-state index contributed by atoms with van der Waals surface area (Å²) in [5.41, 5.74) is 0.469. The van der Waals surface area contributed by atoms with Crippen LogP contribution >= 0.6 is 0 Å². The Labute approximate surface area is 129 Å². The molecule has 1 unspecified atom stereocenters. The minimum Gasteiger partial charge on any atom is -0.394 e. The van der Waals surface area contributed by atoms with Crippen molar-refractivity contribution in [3.05, 3.63) is 35.9 Å². The van der Waals surface area contributed by atoms with Crippen molar-refractivity contribution in [3.63, 3.8) is 0 Å². The topological polar surface area (TPSA) is 40.5 Å². The molecule has 116 valence electrons. The summed E-state index contributed by atoms with van der Waals surface area (Å²) in [5, 5.41) is 19.8. The lowest BCUT2D eigenvalue weighted by Crippen LogP contribution is -2.37. The summed E-state index contributed by atoms with van der Waals surface area (Å²) in [6.07, 6.45) is 5.08. The average Bonchev–Trinajstić information content (AvgIpc) is 2.54. The molecule has 2 N–H and O–H groups in total. The second-order valence-corrected chi connectivity index (χ2v) is 5.68. The fourth-order valence-electron chi connectivity index (χ4n) is 2.54. The Hall–Kier alpha value is -1.30. The van der Waals surface area contributed by atoms with E-state index in [1.807, 2.05) is 30.3 Å². The summed E-state index contributed by atoms with van der Waals surface area (Å²) in [6.45, 7) is 4.05. The van der Waals surface area contributed by atoms with Gasteiger partial charge >= 0.3 is 0 Å². The van der Waals surface area contributed by atoms with Crippen LogP contribution in [0.1, 0.15) is 57.9 Å². The lowest BCUT2D eigenvalue weighted by atomic mass is 9.74. The zero-order chi connectivity index (χ0) is 15.6. The summed E-state index contributed by atoms with van der Waals surface area (Å²) in [4.78, 5) is 0. The second-order valence-electron chi connectivity index (χ2n) is 5.68. The molecule has 1 atom stereocenters. The summed E-state index contributed by atoms with van der Waals surface area (Å²) >= 11 is 0. The highest BCUT2D eigenvalue weighted by Gasteiger charge is 2.34. The van der Waals surface area contributed by atoms with E-state index in [0.29, 0.717) is 0 Å². The minimum absolute atomic E-state index is 0.225. The van der Waals surface area contributed by atoms with E-state index in [0.717, 1.165) is 44.1 Å². The van der Waals surface area contributed by atoms with Crippen molar-refractivity contribution < 1.29 is 10.2 Å². The van der Waals surface area contributed by atoms with E-state index in [9.17, 15) is 10.2 Å². The third-order valence-electron chi connectivity index (χ3n) is 3.99. The van der Waals surface area contributed by atoms with E-state index >= 15 is 0 Å². The maximum atomic E-state index is 10.3. The van der Waals surface area contributed by atoms with E-state index in [-0.39, 0.29) is 6.61 Å². The summed E-state index contributed by atoms with van der Waals surface area (Å²) < 4.78 is 0. The van der Waals surface area contributed by atoms with Crippen LogP contribution in [-0.2, 0) is 0 Å². The first-order chi connectivity index (χ1) is 10.2. The van der Waals surface area contributed by atoms with Gasteiger partial charge in [0, 0.05) is 5.56 Å². The number of benzene rings is 1. The van der Waals surface area contributed by atoms with Gasteiger partial charge in [0.2, 0.25) is 0 Å². The maximum absolute atomic E-state index is 10.3. The van der Waals surface area contributed by atoms with Crippen molar-refractivity contribution in [3.8, 4) is 11.8 Å². The van der Waals surface area contributed by atoms with Gasteiger partial charge in [0.25, 0.3) is 0 Å². The molecule has 0 aliphatic carbocycles. The number of aliphatic hydroxyl groups excluding tert-OH is 2. The first-order valence-corrected chi connectivity index (χ1v) is 8.05. The second kappa shape index (κ2) is 9.60. The molecular weight excluding hydrogens is 260 g/mol. The number of hydrogen-bond acceptors (Lipinski definition) is 2. The zero-order valence-corrected chi connectivity index (χ0v) is 13.3. The third-order valence-corrected chi connectivity index (χ3v) is 3.99. The largest absolute Gasteiger partial charge is 0.394 e. The standard InChI is InChI=1S/C19H28O2/c1-3-5-13-19(14-6-4-2,18(21)16-20)15-12-17-10-8-7-9-11-17/h7-11,18,20-21H,3-6,13-14,16H2,1-2H3. The molecule has 0 bridgehead atoms. The van der Waals surface area contributed by atoms with Gasteiger partial charge in [0.15, 0.2) is 0 Å². The van der Waals surface area contributed by atoms with Gasteiger partial charge in [0.1, 0.15) is 0 Å². The summed E-state index contributed by atoms with van der Waals surface area (Å²) in [7, 11) is 0. The smallest absolute Gasteiger partial charge is 0.0936 e. The van der Waals surface area contributed by atoms with Crippen molar-refractivity contribution in [2.75, 3.05) is 6.61 Å². The molecule has 0 saturated carbocycles. The molecule has 0 aliphatic heterocycles. The van der Waals surface area contributed by atoms with Gasteiger partial charge in [-0.3, -0.25) is 0 Å². The molecule has 0 fully saturated rings. The SMILES string of the molecule is CCCCC(C#Cc1ccccc1)(CCCC)C(O)CO. The number of rotatable bonds is 8. The van der Waals surface area contributed by atoms with Crippen LogP contribution < -0.4 is 0 Å². The highest BCUT2D eigenvalue weighted by molar-refractivity contribution is 5.35. The predicted molar refractivity (Wildman–Crippen MR) is 87.9 cm³/mol. The van der Waals surface area contributed by atoms with Crippen molar-refractivity contribution in [1.29, 1.82) is 0 Å². The van der Waals surface area contributed by atoms with Crippen molar-refractivity contribution >= 4 is 0 Å². The molecule has 2 nitrogen and oxygen atoms in total. The molecule has 21 heavy (non-hydrogen) atoms. The molecule has 2 heteroatoms. The van der Waals surface area contributed by atoms with Gasteiger partial charge in [-0.15, -0.1) is 0 Å². The number of unbranched alkanes of at least 4 members (excludes halogenated alkanes) is 2. The van der Waals surface area contributed by atoms with Crippen molar-refractivity contribution in [2.45, 2.75) is 58.5 Å². The monoisotopic (exact) mass is 288 g/mol. The number of hydrogen-bond donors (Lipinski definition) is 2. The van der Waals surface area contributed by atoms with Crippen LogP contribution in [0.2, 0.25) is 0 Å². The highest BCUT2D eigenvalue weighted by Crippen LogP contribution is 2.34. The summed E-state index contributed by atoms with van der Waals surface area (Å²) in [5.74, 6) is 6.51. The van der Waals surface area contributed by atoms with E-state index < -0.39 is 11.5 Å². The predicted octanol–water partition coefficient (Wildman–Crippen LogP) is 3.76. The molecule has 1 aromatic carbocycles. The first-order valence-electron chi connectivity index (χ1n) is 8.05. The zero-order valence-electron chi connectivity index (χ0n) is 13.3. The van der Waals surface area contributed by atoms with Crippen molar-refractivity contribution in [2.24, 2.45) is 5.41 Å². The fourth-order valence-corrected chi connectivity index (χ4v) is 2.54. The van der Waals surface area contributed by atoms with E-state index in [4.69, 9.17) is 0 Å². The Kier molecular flexibility index (Phi) is 8.12. The van der Waals surface area contributed by atoms with E-state index in [2.05, 4.69) is 25.7 Å². The van der Waals surface area contributed by atoms with Crippen LogP contribution in [0, 0.1) is 17.3 Å². The minimum atomic E-state index is -0.771. The van der Waals surface area contributed by atoms with Gasteiger partial charge < -0.3 is 10.2 Å². The van der Waals surface area contributed by atoms with Crippen LogP contribution in [0.4, 0.5) is 0 Å². The van der Waals surface area contributed by atoms with Crippen LogP contribution in [-0.4, -0.2) is 22.9 Å². The van der Waals surface area contributed by atoms with Gasteiger partial charge in [0.05, 0.1) is 18.1 Å². The Balaban J connectivity index is 3.05. The Morgan fingerprint density at radius 1 is 1.05 bits per heavy atom. The van der Waals surface area contributed by atoms with E-state index in [1.54, 1.807) is 0 Å². The Bertz CT molecular complexity index is 434. The number of aliphatic hydroxyl groups is 2. The lowest BCUT2D eigenvalue weighted by Gasteiger charge is -2.33. The van der Waals surface area contributed by atoms with E-state index in [1.165, 1.54) is 0 Å². The first kappa shape index (κ1) is 17.8. The molecular formula is C19H28O2. The maximum Gasteiger partial charge on any atom is 0.0936 e. The van der Waals surface area contributed by atoms with Gasteiger partial charge in [-0.2, -0.15) is 0 Å². The fraction of sp³-hybridized carbons (Fsp3) is 0.579. The molecule has 0 amide bonds. The molecule has 0 heterocycles. The third kappa shape index (κ3) is 5.53. The molecule has 0 aromatic heterocycles. The molecule has 0 saturated heterocycles. The average molecular weight is 288 g/mol. The molecule has 1 rings (SSSR count). The summed E-state index contributed by atoms with van der Waals surface area (Å²) in [6, 6.07) is 9.85. The Morgan fingerprint density at radius 2 is 1.62 bits per heavy atom. The van der Waals surface area contributed by atoms with Crippen LogP contribution in [0.25, 0.3) is 0 Å². The lowest BCUT2D eigenvalue weighted by molar-refractivity contribution is 0.00415. The van der Waals surface area contributed by atoms with Gasteiger partial charge in [-0.05, 0) is 25.0 Å². The van der Waals surface area contributed by atoms with Crippen molar-refractivity contribution in [1.82, 2.24) is 0 Å². The van der Waals surface area contributed by atoms with Crippen LogP contribution in [0.3, 0.4) is 0 Å². The molecule has 0 aliphatic rings. The molecule has 0 radical (unpaired) electrons. The molecule has 1 aromatic rings. The quantitative estimate of drug-likeness (QED) is 0.715. The van der Waals surface area contributed by atoms with Gasteiger partial charge in [-0.1, -0.05) is 69.6 Å². The highest BCUT2D eigenvalue weighted by atomic mass is 16.3. The van der Waals surface area contributed by atoms with Gasteiger partial charge in [-0.25, -0.2) is 0 Å².